The van der Waals surface area contributed by atoms with Crippen molar-refractivity contribution in [3.05, 3.63) is 70.7 Å². The molecule has 0 saturated heterocycles. The molecule has 0 nitrogen and oxygen atoms in total. The SMILES string of the molecule is ClCC(CCCc1ccccc1)c1ccc(Cl)cc1. The summed E-state index contributed by atoms with van der Waals surface area (Å²) in [6.07, 6.45) is 3.38. The lowest BCUT2D eigenvalue weighted by atomic mass is 9.94. The van der Waals surface area contributed by atoms with Gasteiger partial charge in [0.25, 0.3) is 0 Å². The highest BCUT2D eigenvalue weighted by molar-refractivity contribution is 6.30. The molecule has 0 amide bonds. The van der Waals surface area contributed by atoms with Gasteiger partial charge in [0.2, 0.25) is 0 Å². The zero-order valence-electron chi connectivity index (χ0n) is 10.9. The first-order valence-corrected chi connectivity index (χ1v) is 7.56. The van der Waals surface area contributed by atoms with Crippen molar-refractivity contribution in [1.82, 2.24) is 0 Å². The second-order valence-electron chi connectivity index (χ2n) is 4.78. The standard InChI is InChI=1S/C17H18Cl2/c18-13-16(15-9-11-17(19)12-10-15)8-4-7-14-5-2-1-3-6-14/h1-3,5-6,9-12,16H,4,7-8,13H2. The van der Waals surface area contributed by atoms with Crippen molar-refractivity contribution in [2.45, 2.75) is 25.2 Å². The normalized spacial score (nSPS) is 12.3. The summed E-state index contributed by atoms with van der Waals surface area (Å²) in [4.78, 5) is 0. The van der Waals surface area contributed by atoms with Crippen LogP contribution in [0.15, 0.2) is 54.6 Å². The smallest absolute Gasteiger partial charge is 0.0406 e. The van der Waals surface area contributed by atoms with Gasteiger partial charge in [-0.05, 0) is 48.4 Å². The van der Waals surface area contributed by atoms with Crippen LogP contribution in [-0.2, 0) is 6.42 Å². The molecule has 1 unspecified atom stereocenters. The average Bonchev–Trinajstić information content (AvgIpc) is 2.46. The van der Waals surface area contributed by atoms with Gasteiger partial charge >= 0.3 is 0 Å². The maximum atomic E-state index is 6.09. The second-order valence-corrected chi connectivity index (χ2v) is 5.53. The first-order valence-electron chi connectivity index (χ1n) is 6.65. The van der Waals surface area contributed by atoms with Crippen molar-refractivity contribution in [3.63, 3.8) is 0 Å². The molecule has 100 valence electrons. The van der Waals surface area contributed by atoms with Crippen LogP contribution in [0.1, 0.15) is 29.9 Å². The van der Waals surface area contributed by atoms with Crippen LogP contribution in [0, 0.1) is 0 Å². The van der Waals surface area contributed by atoms with E-state index in [0.29, 0.717) is 11.8 Å². The number of alkyl halides is 1. The Balaban J connectivity index is 1.87. The van der Waals surface area contributed by atoms with Gasteiger partial charge in [0.1, 0.15) is 0 Å². The molecule has 0 bridgehead atoms. The number of benzene rings is 2. The quantitative estimate of drug-likeness (QED) is 0.600. The highest BCUT2D eigenvalue weighted by atomic mass is 35.5. The Morgan fingerprint density at radius 2 is 1.58 bits per heavy atom. The fraction of sp³-hybridized carbons (Fsp3) is 0.294. The lowest BCUT2D eigenvalue weighted by Gasteiger charge is -2.14. The molecule has 0 aliphatic heterocycles. The van der Waals surface area contributed by atoms with E-state index in [0.717, 1.165) is 24.3 Å². The van der Waals surface area contributed by atoms with Crippen molar-refractivity contribution in [1.29, 1.82) is 0 Å². The molecular weight excluding hydrogens is 275 g/mol. The molecule has 0 heterocycles. The highest BCUT2D eigenvalue weighted by Gasteiger charge is 2.10. The maximum Gasteiger partial charge on any atom is 0.0406 e. The Morgan fingerprint density at radius 1 is 0.895 bits per heavy atom. The third-order valence-corrected chi connectivity index (χ3v) is 4.01. The van der Waals surface area contributed by atoms with Gasteiger partial charge in [-0.1, -0.05) is 54.1 Å². The molecule has 0 N–H and O–H groups in total. The summed E-state index contributed by atoms with van der Waals surface area (Å²) in [6, 6.07) is 18.6. The van der Waals surface area contributed by atoms with Crippen LogP contribution >= 0.6 is 23.2 Å². The predicted octanol–water partition coefficient (Wildman–Crippen LogP) is 5.69. The summed E-state index contributed by atoms with van der Waals surface area (Å²) >= 11 is 12.0. The monoisotopic (exact) mass is 292 g/mol. The van der Waals surface area contributed by atoms with Crippen LogP contribution in [0.4, 0.5) is 0 Å². The number of rotatable bonds is 6. The second kappa shape index (κ2) is 7.57. The third kappa shape index (κ3) is 4.56. The van der Waals surface area contributed by atoms with Gasteiger partial charge in [0.15, 0.2) is 0 Å². The number of aryl methyl sites for hydroxylation is 1. The van der Waals surface area contributed by atoms with Gasteiger partial charge in [-0.3, -0.25) is 0 Å². The minimum atomic E-state index is 0.419. The van der Waals surface area contributed by atoms with Gasteiger partial charge in [-0.25, -0.2) is 0 Å². The van der Waals surface area contributed by atoms with Crippen LogP contribution < -0.4 is 0 Å². The van der Waals surface area contributed by atoms with E-state index < -0.39 is 0 Å². The van der Waals surface area contributed by atoms with Crippen molar-refractivity contribution < 1.29 is 0 Å². The minimum absolute atomic E-state index is 0.419. The Labute approximate surface area is 125 Å². The molecular formula is C17H18Cl2. The zero-order chi connectivity index (χ0) is 13.5. The fourth-order valence-electron chi connectivity index (χ4n) is 2.27. The summed E-state index contributed by atoms with van der Waals surface area (Å²) in [6.45, 7) is 0. The Hall–Kier alpha value is -0.980. The summed E-state index contributed by atoms with van der Waals surface area (Å²) in [7, 11) is 0. The molecule has 0 aliphatic rings. The van der Waals surface area contributed by atoms with Crippen LogP contribution in [0.5, 0.6) is 0 Å². The van der Waals surface area contributed by atoms with Crippen LogP contribution in [0.2, 0.25) is 5.02 Å². The Bertz CT molecular complexity index is 476. The third-order valence-electron chi connectivity index (χ3n) is 3.39. The molecule has 0 spiro atoms. The highest BCUT2D eigenvalue weighted by Crippen LogP contribution is 2.25. The molecule has 0 saturated carbocycles. The van der Waals surface area contributed by atoms with E-state index >= 15 is 0 Å². The zero-order valence-corrected chi connectivity index (χ0v) is 12.4. The Morgan fingerprint density at radius 3 is 2.21 bits per heavy atom. The van der Waals surface area contributed by atoms with Crippen LogP contribution in [-0.4, -0.2) is 5.88 Å². The van der Waals surface area contributed by atoms with E-state index in [2.05, 4.69) is 42.5 Å². The molecule has 1 atom stereocenters. The molecule has 2 heteroatoms. The van der Waals surface area contributed by atoms with Gasteiger partial charge in [0, 0.05) is 10.9 Å². The van der Waals surface area contributed by atoms with E-state index in [1.165, 1.54) is 11.1 Å². The van der Waals surface area contributed by atoms with Crippen LogP contribution in [0.25, 0.3) is 0 Å². The topological polar surface area (TPSA) is 0 Å². The minimum Gasteiger partial charge on any atom is -0.126 e. The maximum absolute atomic E-state index is 6.09. The van der Waals surface area contributed by atoms with E-state index in [-0.39, 0.29) is 0 Å². The van der Waals surface area contributed by atoms with Gasteiger partial charge in [-0.15, -0.1) is 11.6 Å². The molecule has 0 aromatic heterocycles. The number of hydrogen-bond donors (Lipinski definition) is 0. The summed E-state index contributed by atoms with van der Waals surface area (Å²) < 4.78 is 0. The van der Waals surface area contributed by atoms with E-state index in [4.69, 9.17) is 23.2 Å². The first kappa shape index (κ1) is 14.4. The Kier molecular flexibility index (Phi) is 5.75. The van der Waals surface area contributed by atoms with Gasteiger partial charge < -0.3 is 0 Å². The molecule has 0 aliphatic carbocycles. The van der Waals surface area contributed by atoms with Crippen molar-refractivity contribution >= 4 is 23.2 Å². The predicted molar refractivity (Wildman–Crippen MR) is 84.3 cm³/mol. The molecule has 2 aromatic rings. The number of halogens is 2. The largest absolute Gasteiger partial charge is 0.126 e. The first-order chi connectivity index (χ1) is 9.29. The molecule has 2 aromatic carbocycles. The van der Waals surface area contributed by atoms with E-state index in [1.807, 2.05) is 12.1 Å². The molecule has 2 rings (SSSR count). The van der Waals surface area contributed by atoms with Gasteiger partial charge in [-0.2, -0.15) is 0 Å². The van der Waals surface area contributed by atoms with Gasteiger partial charge in [0.05, 0.1) is 0 Å². The molecule has 19 heavy (non-hydrogen) atoms. The van der Waals surface area contributed by atoms with Crippen molar-refractivity contribution in [2.24, 2.45) is 0 Å². The summed E-state index contributed by atoms with van der Waals surface area (Å²) in [5.74, 6) is 1.08. The molecule has 0 fully saturated rings. The number of hydrogen-bond acceptors (Lipinski definition) is 0. The summed E-state index contributed by atoms with van der Waals surface area (Å²) in [5, 5.41) is 0.779. The average molecular weight is 293 g/mol. The van der Waals surface area contributed by atoms with Crippen molar-refractivity contribution in [2.75, 3.05) is 5.88 Å². The van der Waals surface area contributed by atoms with E-state index in [9.17, 15) is 0 Å². The lowest BCUT2D eigenvalue weighted by molar-refractivity contribution is 0.638. The van der Waals surface area contributed by atoms with E-state index in [1.54, 1.807) is 0 Å². The van der Waals surface area contributed by atoms with Crippen LogP contribution in [0.3, 0.4) is 0 Å². The lowest BCUT2D eigenvalue weighted by Crippen LogP contribution is -2.01. The fourth-order valence-corrected chi connectivity index (χ4v) is 2.72. The van der Waals surface area contributed by atoms with Crippen molar-refractivity contribution in [3.8, 4) is 0 Å². The summed E-state index contributed by atoms with van der Waals surface area (Å²) in [5.41, 5.74) is 2.68. The molecule has 0 radical (unpaired) electrons.